The van der Waals surface area contributed by atoms with Gasteiger partial charge in [0.1, 0.15) is 29.8 Å². The maximum Gasteiger partial charge on any atom is 0.180 e. The van der Waals surface area contributed by atoms with Gasteiger partial charge in [-0.2, -0.15) is 0 Å². The van der Waals surface area contributed by atoms with Gasteiger partial charge in [-0.3, -0.25) is 10.7 Å². The third-order valence-corrected chi connectivity index (χ3v) is 6.32. The van der Waals surface area contributed by atoms with Crippen molar-refractivity contribution < 1.29 is 9.15 Å². The van der Waals surface area contributed by atoms with E-state index in [2.05, 4.69) is 43.7 Å². The lowest BCUT2D eigenvalue weighted by atomic mass is 10.0. The van der Waals surface area contributed by atoms with E-state index >= 15 is 0 Å². The molecule has 2 fully saturated rings. The average molecular weight is 448 g/mol. The van der Waals surface area contributed by atoms with Gasteiger partial charge >= 0.3 is 0 Å². The van der Waals surface area contributed by atoms with E-state index < -0.39 is 0 Å². The molecule has 0 spiro atoms. The van der Waals surface area contributed by atoms with E-state index in [0.717, 1.165) is 85.3 Å². The lowest BCUT2D eigenvalue weighted by Crippen LogP contribution is -2.46. The van der Waals surface area contributed by atoms with E-state index in [-0.39, 0.29) is 5.60 Å². The van der Waals surface area contributed by atoms with Crippen LogP contribution in [0.5, 0.6) is 5.75 Å². The van der Waals surface area contributed by atoms with E-state index in [1.54, 1.807) is 12.6 Å². The lowest BCUT2D eigenvalue weighted by Gasteiger charge is -2.35. The van der Waals surface area contributed by atoms with Crippen LogP contribution in [0.25, 0.3) is 5.57 Å². The first kappa shape index (κ1) is 21.4. The van der Waals surface area contributed by atoms with Gasteiger partial charge in [-0.1, -0.05) is 6.58 Å². The monoisotopic (exact) mass is 447 g/mol. The summed E-state index contributed by atoms with van der Waals surface area (Å²) in [5.41, 5.74) is 6.82. The van der Waals surface area contributed by atoms with E-state index in [4.69, 9.17) is 15.0 Å². The predicted molar refractivity (Wildman–Crippen MR) is 127 cm³/mol. The number of benzene rings is 1. The number of rotatable bonds is 8. The van der Waals surface area contributed by atoms with E-state index in [1.807, 2.05) is 24.3 Å². The summed E-state index contributed by atoms with van der Waals surface area (Å²) >= 11 is 0. The van der Waals surface area contributed by atoms with Crippen LogP contribution in [0.15, 0.2) is 54.2 Å². The molecule has 0 unspecified atom stereocenters. The van der Waals surface area contributed by atoms with Crippen LogP contribution in [0.3, 0.4) is 0 Å². The molecule has 0 radical (unpaired) electrons. The highest BCUT2D eigenvalue weighted by Crippen LogP contribution is 2.41. The highest BCUT2D eigenvalue weighted by Gasteiger charge is 2.40. The summed E-state index contributed by atoms with van der Waals surface area (Å²) in [6.07, 6.45) is 6.91. The number of nitrogens with zero attached hydrogens (tertiary/aromatic N) is 5. The molecule has 1 aliphatic heterocycles. The Bertz CT molecular complexity index is 1120. The Morgan fingerprint density at radius 2 is 2.00 bits per heavy atom. The van der Waals surface area contributed by atoms with Crippen molar-refractivity contribution in [3.8, 4) is 5.75 Å². The molecule has 1 aromatic carbocycles. The number of hydrogen-bond donors (Lipinski definition) is 2. The van der Waals surface area contributed by atoms with Crippen LogP contribution in [0.4, 0.5) is 11.5 Å². The molecule has 5 rings (SSSR count). The quantitative estimate of drug-likeness (QED) is 0.398. The standard InChI is InChI=1S/C24H29N7O2/c1-17(20-11-19(3-4-21(20)29-25)33-24(2)5-6-24)22-12-23(27-15-26-22)31-9-7-30(8-10-31)13-18-14-32-16-28-18/h3-4,11-12,14-16,29H,1,5-10,13,25H2,2H3. The van der Waals surface area contributed by atoms with Crippen molar-refractivity contribution in [3.63, 3.8) is 0 Å². The number of aromatic nitrogens is 3. The number of oxazole rings is 1. The zero-order chi connectivity index (χ0) is 22.8. The van der Waals surface area contributed by atoms with Gasteiger partial charge < -0.3 is 19.5 Å². The molecule has 1 saturated heterocycles. The summed E-state index contributed by atoms with van der Waals surface area (Å²) in [5, 5.41) is 0. The van der Waals surface area contributed by atoms with Crippen molar-refractivity contribution in [1.29, 1.82) is 0 Å². The number of nitrogens with two attached hydrogens (primary N) is 1. The maximum atomic E-state index is 6.14. The number of anilines is 2. The molecule has 2 aromatic heterocycles. The lowest BCUT2D eigenvalue weighted by molar-refractivity contribution is 0.200. The summed E-state index contributed by atoms with van der Waals surface area (Å²) in [7, 11) is 0. The highest BCUT2D eigenvalue weighted by atomic mass is 16.5. The SMILES string of the molecule is C=C(c1cc(N2CCN(Cc3cocn3)CC2)ncn1)c1cc(OC2(C)CC2)ccc1NN. The van der Waals surface area contributed by atoms with Crippen molar-refractivity contribution in [2.45, 2.75) is 31.9 Å². The number of piperazine rings is 1. The first-order valence-electron chi connectivity index (χ1n) is 11.2. The molecular weight excluding hydrogens is 418 g/mol. The highest BCUT2D eigenvalue weighted by molar-refractivity contribution is 5.84. The van der Waals surface area contributed by atoms with Crippen molar-refractivity contribution in [3.05, 3.63) is 66.8 Å². The molecule has 33 heavy (non-hydrogen) atoms. The first-order valence-corrected chi connectivity index (χ1v) is 11.2. The number of nitrogens with one attached hydrogen (secondary N) is 1. The minimum absolute atomic E-state index is 0.0613. The normalized spacial score (nSPS) is 17.6. The molecule has 0 atom stereocenters. The zero-order valence-corrected chi connectivity index (χ0v) is 18.8. The fraction of sp³-hybridized carbons (Fsp3) is 0.375. The van der Waals surface area contributed by atoms with Crippen molar-refractivity contribution in [1.82, 2.24) is 19.9 Å². The summed E-state index contributed by atoms with van der Waals surface area (Å²) in [6, 6.07) is 7.81. The molecular formula is C24H29N7O2. The van der Waals surface area contributed by atoms with Crippen molar-refractivity contribution >= 4 is 17.1 Å². The molecule has 1 aliphatic carbocycles. The van der Waals surface area contributed by atoms with Crippen LogP contribution in [0.1, 0.15) is 36.7 Å². The minimum atomic E-state index is -0.0613. The topological polar surface area (TPSA) is 106 Å². The molecule has 3 aromatic rings. The second-order valence-corrected chi connectivity index (χ2v) is 8.89. The Morgan fingerprint density at radius 3 is 2.70 bits per heavy atom. The van der Waals surface area contributed by atoms with Crippen LogP contribution in [0.2, 0.25) is 0 Å². The third kappa shape index (κ3) is 4.84. The van der Waals surface area contributed by atoms with Crippen LogP contribution in [-0.2, 0) is 6.54 Å². The summed E-state index contributed by atoms with van der Waals surface area (Å²) in [5.74, 6) is 7.48. The van der Waals surface area contributed by atoms with Gasteiger partial charge in [0, 0.05) is 49.9 Å². The largest absolute Gasteiger partial charge is 0.488 e. The number of hydrazine groups is 1. The third-order valence-electron chi connectivity index (χ3n) is 6.32. The summed E-state index contributed by atoms with van der Waals surface area (Å²) < 4.78 is 11.2. The Hall–Kier alpha value is -3.43. The smallest absolute Gasteiger partial charge is 0.180 e. The van der Waals surface area contributed by atoms with Gasteiger partial charge in [0.25, 0.3) is 0 Å². The van der Waals surface area contributed by atoms with Crippen molar-refractivity contribution in [2.75, 3.05) is 36.5 Å². The number of nitrogen functional groups attached to an aromatic ring is 1. The fourth-order valence-electron chi connectivity index (χ4n) is 4.03. The second kappa shape index (κ2) is 8.84. The molecule has 3 heterocycles. The fourth-order valence-corrected chi connectivity index (χ4v) is 4.03. The predicted octanol–water partition coefficient (Wildman–Crippen LogP) is 3.07. The van der Waals surface area contributed by atoms with Crippen LogP contribution in [-0.4, -0.2) is 51.6 Å². The Kier molecular flexibility index (Phi) is 5.74. The van der Waals surface area contributed by atoms with Gasteiger partial charge in [0.2, 0.25) is 0 Å². The van der Waals surface area contributed by atoms with Gasteiger partial charge in [0.15, 0.2) is 6.39 Å². The van der Waals surface area contributed by atoms with Gasteiger partial charge in [-0.05, 0) is 38.0 Å². The van der Waals surface area contributed by atoms with E-state index in [9.17, 15) is 0 Å². The van der Waals surface area contributed by atoms with Crippen molar-refractivity contribution in [2.24, 2.45) is 5.84 Å². The molecule has 0 bridgehead atoms. The number of ether oxygens (including phenoxy) is 1. The minimum Gasteiger partial charge on any atom is -0.488 e. The van der Waals surface area contributed by atoms with E-state index in [0.29, 0.717) is 0 Å². The Morgan fingerprint density at radius 1 is 1.18 bits per heavy atom. The van der Waals surface area contributed by atoms with Crippen LogP contribution in [0, 0.1) is 0 Å². The van der Waals surface area contributed by atoms with E-state index in [1.165, 1.54) is 6.39 Å². The molecule has 1 saturated carbocycles. The van der Waals surface area contributed by atoms with Gasteiger partial charge in [-0.15, -0.1) is 0 Å². The van der Waals surface area contributed by atoms with Gasteiger partial charge in [0.05, 0.1) is 17.1 Å². The van der Waals surface area contributed by atoms with Crippen LogP contribution < -0.4 is 20.9 Å². The summed E-state index contributed by atoms with van der Waals surface area (Å²) in [6.45, 7) is 10.8. The van der Waals surface area contributed by atoms with Crippen LogP contribution >= 0.6 is 0 Å². The Labute approximate surface area is 193 Å². The molecule has 172 valence electrons. The molecule has 3 N–H and O–H groups in total. The summed E-state index contributed by atoms with van der Waals surface area (Å²) in [4.78, 5) is 17.9. The Balaban J connectivity index is 1.30. The maximum absolute atomic E-state index is 6.14. The molecule has 9 heteroatoms. The first-order chi connectivity index (χ1) is 16.0. The molecule has 9 nitrogen and oxygen atoms in total. The molecule has 0 amide bonds. The molecule has 2 aliphatic rings. The zero-order valence-electron chi connectivity index (χ0n) is 18.8. The average Bonchev–Trinajstić information content (AvgIpc) is 3.34. The second-order valence-electron chi connectivity index (χ2n) is 8.89. The number of hydrogen-bond acceptors (Lipinski definition) is 9. The van der Waals surface area contributed by atoms with Gasteiger partial charge in [-0.25, -0.2) is 15.0 Å².